The maximum atomic E-state index is 11.9. The average molecular weight is 359 g/mol. The van der Waals surface area contributed by atoms with Crippen LogP contribution in [0.5, 0.6) is 0 Å². The first kappa shape index (κ1) is 19.9. The van der Waals surface area contributed by atoms with E-state index in [-0.39, 0.29) is 24.3 Å². The summed E-state index contributed by atoms with van der Waals surface area (Å²) in [7, 11) is 0. The van der Waals surface area contributed by atoms with Crippen molar-refractivity contribution in [1.82, 2.24) is 14.9 Å². The van der Waals surface area contributed by atoms with Gasteiger partial charge in [0.25, 0.3) is 0 Å². The molecule has 0 aliphatic heterocycles. The van der Waals surface area contributed by atoms with Gasteiger partial charge in [-0.1, -0.05) is 32.4 Å². The quantitative estimate of drug-likeness (QED) is 0.523. The molecule has 1 amide bonds. The summed E-state index contributed by atoms with van der Waals surface area (Å²) in [5.41, 5.74) is 1.86. The van der Waals surface area contributed by atoms with E-state index < -0.39 is 0 Å². The van der Waals surface area contributed by atoms with Gasteiger partial charge in [0, 0.05) is 18.9 Å². The number of carbonyl (C=O) groups is 2. The highest BCUT2D eigenvalue weighted by molar-refractivity contribution is 5.79. The number of amides is 1. The number of aromatic nitrogens is 2. The van der Waals surface area contributed by atoms with Crippen LogP contribution in [0.1, 0.15) is 45.9 Å². The van der Waals surface area contributed by atoms with Crippen LogP contribution in [-0.2, 0) is 27.3 Å². The van der Waals surface area contributed by atoms with E-state index >= 15 is 0 Å². The number of fused-ring (bicyclic) bond motifs is 1. The van der Waals surface area contributed by atoms with E-state index in [1.54, 1.807) is 0 Å². The molecule has 142 valence electrons. The smallest absolute Gasteiger partial charge is 0.326 e. The van der Waals surface area contributed by atoms with E-state index in [1.165, 1.54) is 0 Å². The maximum Gasteiger partial charge on any atom is 0.326 e. The van der Waals surface area contributed by atoms with Gasteiger partial charge in [0.1, 0.15) is 12.4 Å². The second-order valence-corrected chi connectivity index (χ2v) is 6.66. The first-order chi connectivity index (χ1) is 12.5. The van der Waals surface area contributed by atoms with Gasteiger partial charge >= 0.3 is 5.97 Å². The van der Waals surface area contributed by atoms with Crippen molar-refractivity contribution in [3.63, 3.8) is 0 Å². The molecule has 6 heteroatoms. The average Bonchev–Trinajstić information content (AvgIpc) is 2.95. The summed E-state index contributed by atoms with van der Waals surface area (Å²) in [5.74, 6) is 0.790. The lowest BCUT2D eigenvalue weighted by molar-refractivity contribution is -0.143. The second kappa shape index (κ2) is 9.94. The number of nitrogens with zero attached hydrogens (tertiary/aromatic N) is 2. The van der Waals surface area contributed by atoms with Gasteiger partial charge in [-0.15, -0.1) is 0 Å². The van der Waals surface area contributed by atoms with Crippen LogP contribution >= 0.6 is 0 Å². The number of rotatable bonds is 10. The number of benzene rings is 1. The predicted molar refractivity (Wildman–Crippen MR) is 102 cm³/mol. The molecule has 26 heavy (non-hydrogen) atoms. The van der Waals surface area contributed by atoms with Crippen molar-refractivity contribution in [2.75, 3.05) is 13.2 Å². The molecule has 0 unspecified atom stereocenters. The van der Waals surface area contributed by atoms with Crippen LogP contribution in [-0.4, -0.2) is 34.6 Å². The standard InChI is InChI=1S/C20H29N3O3/c1-4-26-19(24)14-23-17-11-8-7-10-16(17)22-18(23)12-6-5-9-13-21-20(25)15(2)3/h7-8,10-11,15H,4-6,9,12-14H2,1-3H3,(H,21,25). The highest BCUT2D eigenvalue weighted by Crippen LogP contribution is 2.18. The van der Waals surface area contributed by atoms with Crippen molar-refractivity contribution in [2.24, 2.45) is 5.92 Å². The van der Waals surface area contributed by atoms with Crippen LogP contribution in [0.3, 0.4) is 0 Å². The van der Waals surface area contributed by atoms with E-state index in [1.807, 2.05) is 49.6 Å². The summed E-state index contributed by atoms with van der Waals surface area (Å²) in [6, 6.07) is 7.84. The molecule has 2 rings (SSSR count). The third-order valence-corrected chi connectivity index (χ3v) is 4.23. The van der Waals surface area contributed by atoms with Gasteiger partial charge in [0.05, 0.1) is 17.6 Å². The lowest BCUT2D eigenvalue weighted by Crippen LogP contribution is -2.28. The normalized spacial score (nSPS) is 11.1. The number of imidazole rings is 1. The number of ether oxygens (including phenoxy) is 1. The number of esters is 1. The fourth-order valence-corrected chi connectivity index (χ4v) is 2.83. The molecule has 1 N–H and O–H groups in total. The zero-order valence-electron chi connectivity index (χ0n) is 16.0. The fraction of sp³-hybridized carbons (Fsp3) is 0.550. The Bertz CT molecular complexity index is 737. The van der Waals surface area contributed by atoms with Crippen LogP contribution in [0.15, 0.2) is 24.3 Å². The number of hydrogen-bond donors (Lipinski definition) is 1. The summed E-state index contributed by atoms with van der Waals surface area (Å²) >= 11 is 0. The Labute approximate surface area is 154 Å². The van der Waals surface area contributed by atoms with Crippen molar-refractivity contribution in [3.05, 3.63) is 30.1 Å². The van der Waals surface area contributed by atoms with Crippen LogP contribution in [0.4, 0.5) is 0 Å². The van der Waals surface area contributed by atoms with E-state index in [2.05, 4.69) is 10.3 Å². The monoisotopic (exact) mass is 359 g/mol. The van der Waals surface area contributed by atoms with Crippen LogP contribution in [0.25, 0.3) is 11.0 Å². The summed E-state index contributed by atoms with van der Waals surface area (Å²) in [6.07, 6.45) is 3.70. The molecule has 0 atom stereocenters. The van der Waals surface area contributed by atoms with Gasteiger partial charge in [-0.3, -0.25) is 9.59 Å². The Morgan fingerprint density at radius 1 is 1.19 bits per heavy atom. The lowest BCUT2D eigenvalue weighted by Gasteiger charge is -2.09. The number of carbonyl (C=O) groups excluding carboxylic acids is 2. The van der Waals surface area contributed by atoms with Crippen molar-refractivity contribution >= 4 is 22.9 Å². The minimum Gasteiger partial charge on any atom is -0.465 e. The molecule has 0 radical (unpaired) electrons. The SMILES string of the molecule is CCOC(=O)Cn1c(CCCCCNC(=O)C(C)C)nc2ccccc21. The van der Waals surface area contributed by atoms with Crippen LogP contribution in [0, 0.1) is 5.92 Å². The summed E-state index contributed by atoms with van der Waals surface area (Å²) < 4.78 is 7.04. The van der Waals surface area contributed by atoms with E-state index in [4.69, 9.17) is 4.74 Å². The lowest BCUT2D eigenvalue weighted by atomic mass is 10.1. The first-order valence-electron chi connectivity index (χ1n) is 9.40. The molecular weight excluding hydrogens is 330 g/mol. The third kappa shape index (κ3) is 5.58. The summed E-state index contributed by atoms with van der Waals surface area (Å²) in [6.45, 7) is 6.86. The van der Waals surface area contributed by atoms with Gasteiger partial charge < -0.3 is 14.6 Å². The number of aryl methyl sites for hydroxylation is 1. The molecular formula is C20H29N3O3. The third-order valence-electron chi connectivity index (χ3n) is 4.23. The Hall–Kier alpha value is -2.37. The second-order valence-electron chi connectivity index (χ2n) is 6.66. The molecule has 1 aromatic heterocycles. The van der Waals surface area contributed by atoms with Gasteiger partial charge in [0.2, 0.25) is 5.91 Å². The minimum atomic E-state index is -0.242. The van der Waals surface area contributed by atoms with Gasteiger partial charge in [0.15, 0.2) is 0 Å². The molecule has 0 spiro atoms. The largest absolute Gasteiger partial charge is 0.465 e. The first-order valence-corrected chi connectivity index (χ1v) is 9.40. The van der Waals surface area contributed by atoms with Crippen molar-refractivity contribution in [1.29, 1.82) is 0 Å². The number of para-hydroxylation sites is 2. The zero-order valence-corrected chi connectivity index (χ0v) is 16.0. The maximum absolute atomic E-state index is 11.9. The summed E-state index contributed by atoms with van der Waals surface area (Å²) in [4.78, 5) is 28.1. The topological polar surface area (TPSA) is 73.2 Å². The molecule has 2 aromatic rings. The molecule has 0 aliphatic rings. The van der Waals surface area contributed by atoms with Gasteiger partial charge in [-0.2, -0.15) is 0 Å². The highest BCUT2D eigenvalue weighted by Gasteiger charge is 2.14. The molecule has 6 nitrogen and oxygen atoms in total. The fourth-order valence-electron chi connectivity index (χ4n) is 2.83. The van der Waals surface area contributed by atoms with Crippen LogP contribution < -0.4 is 5.32 Å². The Kier molecular flexibility index (Phi) is 7.63. The molecule has 1 heterocycles. The minimum absolute atomic E-state index is 0.0257. The molecule has 1 aromatic carbocycles. The molecule has 0 saturated heterocycles. The molecule has 0 saturated carbocycles. The zero-order chi connectivity index (χ0) is 18.9. The van der Waals surface area contributed by atoms with E-state index in [0.717, 1.165) is 42.5 Å². The van der Waals surface area contributed by atoms with Crippen molar-refractivity contribution in [3.8, 4) is 0 Å². The predicted octanol–water partition coefficient (Wildman–Crippen LogP) is 3.08. The molecule has 0 bridgehead atoms. The Morgan fingerprint density at radius 2 is 1.96 bits per heavy atom. The van der Waals surface area contributed by atoms with Crippen LogP contribution in [0.2, 0.25) is 0 Å². The number of unbranched alkanes of at least 4 members (excludes halogenated alkanes) is 2. The molecule has 0 aliphatic carbocycles. The van der Waals surface area contributed by atoms with Gasteiger partial charge in [-0.25, -0.2) is 4.98 Å². The number of nitrogens with one attached hydrogen (secondary N) is 1. The van der Waals surface area contributed by atoms with Crippen molar-refractivity contribution < 1.29 is 14.3 Å². The Morgan fingerprint density at radius 3 is 2.69 bits per heavy atom. The van der Waals surface area contributed by atoms with E-state index in [9.17, 15) is 9.59 Å². The number of hydrogen-bond acceptors (Lipinski definition) is 4. The Balaban J connectivity index is 1.91. The summed E-state index contributed by atoms with van der Waals surface area (Å²) in [5, 5.41) is 2.93. The highest BCUT2D eigenvalue weighted by atomic mass is 16.5. The van der Waals surface area contributed by atoms with E-state index in [0.29, 0.717) is 13.2 Å². The molecule has 0 fully saturated rings. The van der Waals surface area contributed by atoms with Crippen molar-refractivity contribution in [2.45, 2.75) is 53.0 Å². The van der Waals surface area contributed by atoms with Gasteiger partial charge in [-0.05, 0) is 31.9 Å².